The summed E-state index contributed by atoms with van der Waals surface area (Å²) in [7, 11) is 0. The van der Waals surface area contributed by atoms with Crippen LogP contribution in [-0.2, 0) is 5.60 Å². The summed E-state index contributed by atoms with van der Waals surface area (Å²) in [6.45, 7) is 1.78. The summed E-state index contributed by atoms with van der Waals surface area (Å²) < 4.78 is 0. The van der Waals surface area contributed by atoms with Gasteiger partial charge in [0.05, 0.1) is 5.60 Å². The highest BCUT2D eigenvalue weighted by molar-refractivity contribution is 7.99. The number of nitrogen functional groups attached to an aromatic ring is 1. The molecule has 0 aliphatic carbocycles. The summed E-state index contributed by atoms with van der Waals surface area (Å²) in [5.74, 6) is 0.867. The minimum Gasteiger partial charge on any atom is -0.385 e. The topological polar surface area (TPSA) is 72.0 Å². The molecular weight excluding hydrogens is 246 g/mol. The van der Waals surface area contributed by atoms with Gasteiger partial charge in [0, 0.05) is 18.1 Å². The van der Waals surface area contributed by atoms with E-state index >= 15 is 0 Å². The van der Waals surface area contributed by atoms with Gasteiger partial charge in [-0.1, -0.05) is 42.1 Å². The lowest BCUT2D eigenvalue weighted by molar-refractivity contribution is 0.0839. The number of hydrogen-bond donors (Lipinski definition) is 2. The molecule has 5 heteroatoms. The predicted molar refractivity (Wildman–Crippen MR) is 73.2 cm³/mol. The van der Waals surface area contributed by atoms with Gasteiger partial charge in [-0.3, -0.25) is 0 Å². The fourth-order valence-electron chi connectivity index (χ4n) is 1.54. The van der Waals surface area contributed by atoms with Gasteiger partial charge in [-0.05, 0) is 12.5 Å². The Bertz CT molecular complexity index is 517. The zero-order chi connectivity index (χ0) is 13.0. The highest BCUT2D eigenvalue weighted by atomic mass is 32.2. The molecule has 3 N–H and O–H groups in total. The normalized spacial score (nSPS) is 14.1. The Labute approximate surface area is 110 Å². The number of nitrogens with zero attached hydrogens (tertiary/aromatic N) is 2. The van der Waals surface area contributed by atoms with E-state index in [1.54, 1.807) is 19.3 Å². The van der Waals surface area contributed by atoms with Crippen molar-refractivity contribution in [3.63, 3.8) is 0 Å². The summed E-state index contributed by atoms with van der Waals surface area (Å²) in [4.78, 5) is 8.10. The third kappa shape index (κ3) is 3.00. The van der Waals surface area contributed by atoms with E-state index in [2.05, 4.69) is 9.97 Å². The number of aromatic nitrogens is 2. The van der Waals surface area contributed by atoms with Crippen molar-refractivity contribution < 1.29 is 5.11 Å². The van der Waals surface area contributed by atoms with Crippen LogP contribution in [0.3, 0.4) is 0 Å². The molecule has 0 spiro atoms. The molecule has 0 bridgehead atoms. The quantitative estimate of drug-likeness (QED) is 0.824. The highest BCUT2D eigenvalue weighted by Gasteiger charge is 2.23. The van der Waals surface area contributed by atoms with E-state index in [1.165, 1.54) is 11.8 Å². The monoisotopic (exact) mass is 261 g/mol. The molecule has 1 aromatic heterocycles. The second-order valence-electron chi connectivity index (χ2n) is 4.18. The van der Waals surface area contributed by atoms with Crippen LogP contribution in [0.2, 0.25) is 0 Å². The van der Waals surface area contributed by atoms with Crippen molar-refractivity contribution in [3.05, 3.63) is 48.3 Å². The standard InChI is InChI=1S/C13H15N3OS/c1-13(17,10-5-3-2-4-6-10)9-18-12-11(14)15-7-8-16-12/h2-8,17H,9H2,1H3,(H2,14,15). The van der Waals surface area contributed by atoms with Crippen molar-refractivity contribution in [1.29, 1.82) is 0 Å². The molecule has 0 saturated carbocycles. The van der Waals surface area contributed by atoms with E-state index in [0.717, 1.165) is 5.56 Å². The Morgan fingerprint density at radius 3 is 2.56 bits per heavy atom. The fraction of sp³-hybridized carbons (Fsp3) is 0.231. The molecule has 1 heterocycles. The maximum Gasteiger partial charge on any atom is 0.156 e. The van der Waals surface area contributed by atoms with Crippen LogP contribution in [0.1, 0.15) is 12.5 Å². The van der Waals surface area contributed by atoms with Crippen LogP contribution < -0.4 is 5.73 Å². The molecule has 1 aromatic carbocycles. The number of rotatable bonds is 4. The summed E-state index contributed by atoms with van der Waals surface area (Å²) in [5.41, 5.74) is 5.67. The third-order valence-corrected chi connectivity index (χ3v) is 3.87. The zero-order valence-corrected chi connectivity index (χ0v) is 10.9. The molecule has 1 unspecified atom stereocenters. The van der Waals surface area contributed by atoms with Gasteiger partial charge in [-0.15, -0.1) is 0 Å². The number of hydrogen-bond acceptors (Lipinski definition) is 5. The molecule has 0 fully saturated rings. The minimum atomic E-state index is -0.921. The number of benzene rings is 1. The molecule has 0 aliphatic rings. The maximum atomic E-state index is 10.4. The van der Waals surface area contributed by atoms with E-state index < -0.39 is 5.60 Å². The number of nitrogens with two attached hydrogens (primary N) is 1. The molecule has 0 amide bonds. The van der Waals surface area contributed by atoms with Gasteiger partial charge in [0.25, 0.3) is 0 Å². The average Bonchev–Trinajstić information content (AvgIpc) is 2.39. The summed E-state index contributed by atoms with van der Waals surface area (Å²) >= 11 is 1.40. The molecule has 4 nitrogen and oxygen atoms in total. The molecule has 18 heavy (non-hydrogen) atoms. The first-order chi connectivity index (χ1) is 8.59. The van der Waals surface area contributed by atoms with Gasteiger partial charge in [0.15, 0.2) is 5.82 Å². The Kier molecular flexibility index (Phi) is 3.84. The van der Waals surface area contributed by atoms with Crippen molar-refractivity contribution in [3.8, 4) is 0 Å². The second kappa shape index (κ2) is 5.37. The molecule has 0 saturated heterocycles. The minimum absolute atomic E-state index is 0.395. The van der Waals surface area contributed by atoms with Gasteiger partial charge in [0.1, 0.15) is 5.03 Å². The first-order valence-corrected chi connectivity index (χ1v) is 6.55. The Morgan fingerprint density at radius 2 is 1.89 bits per heavy atom. The van der Waals surface area contributed by atoms with Crippen LogP contribution in [0.25, 0.3) is 0 Å². The number of thioether (sulfide) groups is 1. The first kappa shape index (κ1) is 12.9. The van der Waals surface area contributed by atoms with Crippen LogP contribution >= 0.6 is 11.8 Å². The van der Waals surface area contributed by atoms with Crippen LogP contribution in [0, 0.1) is 0 Å². The van der Waals surface area contributed by atoms with E-state index in [-0.39, 0.29) is 0 Å². The Balaban J connectivity index is 2.08. The summed E-state index contributed by atoms with van der Waals surface area (Å²) in [6.07, 6.45) is 3.14. The molecule has 0 aliphatic heterocycles. The first-order valence-electron chi connectivity index (χ1n) is 5.57. The van der Waals surface area contributed by atoms with E-state index in [0.29, 0.717) is 16.6 Å². The van der Waals surface area contributed by atoms with E-state index in [4.69, 9.17) is 5.73 Å². The lowest BCUT2D eigenvalue weighted by Gasteiger charge is -2.23. The molecule has 1 atom stereocenters. The lowest BCUT2D eigenvalue weighted by atomic mass is 9.99. The van der Waals surface area contributed by atoms with E-state index in [9.17, 15) is 5.11 Å². The van der Waals surface area contributed by atoms with Crippen molar-refractivity contribution in [2.45, 2.75) is 17.6 Å². The van der Waals surface area contributed by atoms with Crippen LogP contribution in [-0.4, -0.2) is 20.8 Å². The second-order valence-corrected chi connectivity index (χ2v) is 5.14. The fourth-order valence-corrected chi connectivity index (χ4v) is 2.46. The van der Waals surface area contributed by atoms with Crippen molar-refractivity contribution in [2.24, 2.45) is 0 Å². The summed E-state index contributed by atoms with van der Waals surface area (Å²) in [6, 6.07) is 9.55. The van der Waals surface area contributed by atoms with E-state index in [1.807, 2.05) is 30.3 Å². The third-order valence-electron chi connectivity index (χ3n) is 2.58. The van der Waals surface area contributed by atoms with Gasteiger partial charge in [0.2, 0.25) is 0 Å². The van der Waals surface area contributed by atoms with Gasteiger partial charge < -0.3 is 10.8 Å². The maximum absolute atomic E-state index is 10.4. The average molecular weight is 261 g/mol. The Hall–Kier alpha value is -1.59. The highest BCUT2D eigenvalue weighted by Crippen LogP contribution is 2.29. The van der Waals surface area contributed by atoms with Crippen LogP contribution in [0.5, 0.6) is 0 Å². The van der Waals surface area contributed by atoms with Crippen molar-refractivity contribution in [1.82, 2.24) is 9.97 Å². The Morgan fingerprint density at radius 1 is 1.22 bits per heavy atom. The lowest BCUT2D eigenvalue weighted by Crippen LogP contribution is -2.24. The van der Waals surface area contributed by atoms with Crippen molar-refractivity contribution >= 4 is 17.6 Å². The largest absolute Gasteiger partial charge is 0.385 e. The molecule has 0 radical (unpaired) electrons. The van der Waals surface area contributed by atoms with Crippen LogP contribution in [0.4, 0.5) is 5.82 Å². The molecule has 94 valence electrons. The predicted octanol–water partition coefficient (Wildman–Crippen LogP) is 2.06. The molecular formula is C13H15N3OS. The van der Waals surface area contributed by atoms with Gasteiger partial charge >= 0.3 is 0 Å². The van der Waals surface area contributed by atoms with Gasteiger partial charge in [-0.25, -0.2) is 9.97 Å². The van der Waals surface area contributed by atoms with Gasteiger partial charge in [-0.2, -0.15) is 0 Å². The number of aliphatic hydroxyl groups is 1. The summed E-state index contributed by atoms with van der Waals surface area (Å²) in [5, 5.41) is 11.1. The smallest absolute Gasteiger partial charge is 0.156 e. The zero-order valence-electron chi connectivity index (χ0n) is 10.1. The number of anilines is 1. The van der Waals surface area contributed by atoms with Crippen LogP contribution in [0.15, 0.2) is 47.8 Å². The van der Waals surface area contributed by atoms with Crippen molar-refractivity contribution in [2.75, 3.05) is 11.5 Å². The SMILES string of the molecule is CC(O)(CSc1nccnc1N)c1ccccc1. The molecule has 2 rings (SSSR count). The molecule has 2 aromatic rings.